The number of aromatic nitrogens is 2. The molecule has 0 saturated carbocycles. The molecule has 0 aliphatic rings. The molecule has 0 radical (unpaired) electrons. The quantitative estimate of drug-likeness (QED) is 0.826. The summed E-state index contributed by atoms with van der Waals surface area (Å²) in [5.41, 5.74) is 0. The molecule has 0 aliphatic carbocycles. The van der Waals surface area contributed by atoms with Gasteiger partial charge >= 0.3 is 0 Å². The Morgan fingerprint density at radius 1 is 1.39 bits per heavy atom. The summed E-state index contributed by atoms with van der Waals surface area (Å²) in [6, 6.07) is 0. The third kappa shape index (κ3) is 4.25. The Kier molecular flexibility index (Phi) is 6.04. The molecule has 1 amide bonds. The van der Waals surface area contributed by atoms with Crippen LogP contribution in [-0.4, -0.2) is 39.8 Å². The van der Waals surface area contributed by atoms with Gasteiger partial charge in [0.05, 0.1) is 0 Å². The second kappa shape index (κ2) is 7.31. The zero-order valence-electron chi connectivity index (χ0n) is 11.6. The highest BCUT2D eigenvalue weighted by Gasteiger charge is 2.10. The molecule has 5 nitrogen and oxygen atoms in total. The summed E-state index contributed by atoms with van der Waals surface area (Å²) in [6.45, 7) is 10.3. The van der Waals surface area contributed by atoms with E-state index in [-0.39, 0.29) is 5.91 Å². The first-order valence-electron chi connectivity index (χ1n) is 6.43. The third-order valence-electron chi connectivity index (χ3n) is 2.69. The Labute approximate surface area is 113 Å². The van der Waals surface area contributed by atoms with Crippen molar-refractivity contribution in [3.05, 3.63) is 5.82 Å². The Morgan fingerprint density at radius 2 is 2.06 bits per heavy atom. The van der Waals surface area contributed by atoms with Crippen LogP contribution in [0.3, 0.4) is 0 Å². The predicted octanol–water partition coefficient (Wildman–Crippen LogP) is 2.33. The number of amides is 1. The lowest BCUT2D eigenvalue weighted by molar-refractivity contribution is -0.130. The minimum absolute atomic E-state index is 0.182. The Balaban J connectivity index is 2.34. The van der Waals surface area contributed by atoms with Gasteiger partial charge in [-0.2, -0.15) is 4.37 Å². The van der Waals surface area contributed by atoms with E-state index in [1.165, 1.54) is 11.5 Å². The van der Waals surface area contributed by atoms with E-state index in [1.54, 1.807) is 0 Å². The average Bonchev–Trinajstić information content (AvgIpc) is 2.79. The van der Waals surface area contributed by atoms with E-state index in [4.69, 9.17) is 0 Å². The number of carbonyl (C=O) groups excluding carboxylic acids is 1. The van der Waals surface area contributed by atoms with E-state index in [9.17, 15) is 4.79 Å². The maximum Gasteiger partial charge on any atom is 0.224 e. The molecule has 0 aromatic carbocycles. The van der Waals surface area contributed by atoms with Gasteiger partial charge in [-0.05, 0) is 13.8 Å². The zero-order valence-corrected chi connectivity index (χ0v) is 12.4. The molecule has 0 spiro atoms. The van der Waals surface area contributed by atoms with Crippen LogP contribution in [0.1, 0.15) is 45.9 Å². The fraction of sp³-hybridized carbons (Fsp3) is 0.750. The highest BCUT2D eigenvalue weighted by Crippen LogP contribution is 2.17. The van der Waals surface area contributed by atoms with Crippen molar-refractivity contribution in [2.45, 2.75) is 40.0 Å². The van der Waals surface area contributed by atoms with Gasteiger partial charge in [0.2, 0.25) is 11.0 Å². The van der Waals surface area contributed by atoms with E-state index >= 15 is 0 Å². The first-order valence-corrected chi connectivity index (χ1v) is 7.21. The summed E-state index contributed by atoms with van der Waals surface area (Å²) in [7, 11) is 0. The first kappa shape index (κ1) is 14.9. The standard InChI is InChI=1S/C12H22N4OS/c1-5-16(6-2)10(17)7-8-13-12-14-11(9(3)4)15-18-12/h9H,5-8H2,1-4H3,(H,13,14,15). The summed E-state index contributed by atoms with van der Waals surface area (Å²) in [4.78, 5) is 18.0. The summed E-state index contributed by atoms with van der Waals surface area (Å²) in [5, 5.41) is 3.95. The molecular weight excluding hydrogens is 248 g/mol. The van der Waals surface area contributed by atoms with E-state index < -0.39 is 0 Å². The van der Waals surface area contributed by atoms with Crippen molar-refractivity contribution in [3.63, 3.8) is 0 Å². The predicted molar refractivity (Wildman–Crippen MR) is 75.0 cm³/mol. The molecule has 1 aromatic heterocycles. The summed E-state index contributed by atoms with van der Waals surface area (Å²) in [6.07, 6.45) is 0.498. The fourth-order valence-corrected chi connectivity index (χ4v) is 2.28. The monoisotopic (exact) mass is 270 g/mol. The number of nitrogens with zero attached hydrogens (tertiary/aromatic N) is 3. The molecule has 1 rings (SSSR count). The molecule has 6 heteroatoms. The molecule has 0 saturated heterocycles. The van der Waals surface area contributed by atoms with Gasteiger partial charge in [-0.3, -0.25) is 4.79 Å². The lowest BCUT2D eigenvalue weighted by atomic mass is 10.2. The van der Waals surface area contributed by atoms with Crippen molar-refractivity contribution >= 4 is 22.6 Å². The number of hydrogen-bond donors (Lipinski definition) is 1. The lowest BCUT2D eigenvalue weighted by Gasteiger charge is -2.18. The van der Waals surface area contributed by atoms with Crippen LogP contribution in [0.25, 0.3) is 0 Å². The van der Waals surface area contributed by atoms with Crippen LogP contribution in [0.4, 0.5) is 5.13 Å². The molecule has 0 aliphatic heterocycles. The van der Waals surface area contributed by atoms with Crippen molar-refractivity contribution in [1.29, 1.82) is 0 Å². The summed E-state index contributed by atoms with van der Waals surface area (Å²) >= 11 is 1.35. The molecule has 102 valence electrons. The molecule has 1 heterocycles. The van der Waals surface area contributed by atoms with Crippen LogP contribution in [0, 0.1) is 0 Å². The molecule has 0 atom stereocenters. The van der Waals surface area contributed by atoms with Gasteiger partial charge in [-0.1, -0.05) is 13.8 Å². The summed E-state index contributed by atoms with van der Waals surface area (Å²) < 4.78 is 4.25. The van der Waals surface area contributed by atoms with Gasteiger partial charge in [0.15, 0.2) is 0 Å². The largest absolute Gasteiger partial charge is 0.360 e. The lowest BCUT2D eigenvalue weighted by Crippen LogP contribution is -2.31. The molecule has 18 heavy (non-hydrogen) atoms. The molecule has 1 aromatic rings. The first-order chi connectivity index (χ1) is 8.58. The van der Waals surface area contributed by atoms with Crippen molar-refractivity contribution in [2.24, 2.45) is 0 Å². The smallest absolute Gasteiger partial charge is 0.224 e. The second-order valence-electron chi connectivity index (χ2n) is 4.36. The molecule has 0 fully saturated rings. The van der Waals surface area contributed by atoms with E-state index in [0.29, 0.717) is 18.9 Å². The van der Waals surface area contributed by atoms with Crippen LogP contribution >= 0.6 is 11.5 Å². The molecular formula is C12H22N4OS. The van der Waals surface area contributed by atoms with Gasteiger partial charge < -0.3 is 10.2 Å². The average molecular weight is 270 g/mol. The highest BCUT2D eigenvalue weighted by atomic mass is 32.1. The molecule has 0 unspecified atom stereocenters. The van der Waals surface area contributed by atoms with Gasteiger partial charge in [0, 0.05) is 43.5 Å². The second-order valence-corrected chi connectivity index (χ2v) is 5.11. The van der Waals surface area contributed by atoms with E-state index in [1.807, 2.05) is 18.7 Å². The summed E-state index contributed by atoms with van der Waals surface area (Å²) in [5.74, 6) is 1.38. The number of anilines is 1. The third-order valence-corrected chi connectivity index (χ3v) is 3.38. The Bertz CT molecular complexity index is 374. The zero-order chi connectivity index (χ0) is 13.5. The fourth-order valence-electron chi connectivity index (χ4n) is 1.55. The Morgan fingerprint density at radius 3 is 2.56 bits per heavy atom. The highest BCUT2D eigenvalue weighted by molar-refractivity contribution is 7.09. The van der Waals surface area contributed by atoms with Crippen LogP contribution < -0.4 is 5.32 Å². The number of carbonyl (C=O) groups is 1. The van der Waals surface area contributed by atoms with Gasteiger partial charge in [0.1, 0.15) is 5.82 Å². The molecule has 1 N–H and O–H groups in total. The van der Waals surface area contributed by atoms with E-state index in [0.717, 1.165) is 24.0 Å². The topological polar surface area (TPSA) is 58.1 Å². The normalized spacial score (nSPS) is 10.7. The maximum atomic E-state index is 11.8. The van der Waals surface area contributed by atoms with Crippen LogP contribution in [-0.2, 0) is 4.79 Å². The van der Waals surface area contributed by atoms with Gasteiger partial charge in [-0.25, -0.2) is 4.98 Å². The minimum Gasteiger partial charge on any atom is -0.360 e. The number of nitrogens with one attached hydrogen (secondary N) is 1. The van der Waals surface area contributed by atoms with Crippen LogP contribution in [0.5, 0.6) is 0 Å². The maximum absolute atomic E-state index is 11.8. The van der Waals surface area contributed by atoms with Crippen LogP contribution in [0.2, 0.25) is 0 Å². The Hall–Kier alpha value is -1.17. The SMILES string of the molecule is CCN(CC)C(=O)CCNc1nc(C(C)C)ns1. The van der Waals surface area contributed by atoms with E-state index in [2.05, 4.69) is 28.5 Å². The van der Waals surface area contributed by atoms with Gasteiger partial charge in [0.25, 0.3) is 0 Å². The van der Waals surface area contributed by atoms with Gasteiger partial charge in [-0.15, -0.1) is 0 Å². The number of hydrogen-bond acceptors (Lipinski definition) is 5. The minimum atomic E-state index is 0.182. The van der Waals surface area contributed by atoms with Crippen molar-refractivity contribution in [1.82, 2.24) is 14.3 Å². The van der Waals surface area contributed by atoms with Crippen molar-refractivity contribution < 1.29 is 4.79 Å². The molecule has 0 bridgehead atoms. The number of rotatable bonds is 7. The van der Waals surface area contributed by atoms with Crippen molar-refractivity contribution in [2.75, 3.05) is 25.0 Å². The van der Waals surface area contributed by atoms with Crippen LogP contribution in [0.15, 0.2) is 0 Å². The van der Waals surface area contributed by atoms with Crippen molar-refractivity contribution in [3.8, 4) is 0 Å².